The van der Waals surface area contributed by atoms with E-state index in [-0.39, 0.29) is 11.7 Å². The molecule has 2 heterocycles. The van der Waals surface area contributed by atoms with Gasteiger partial charge in [0.2, 0.25) is 5.82 Å². The maximum atomic E-state index is 12.5. The molecule has 0 aliphatic heterocycles. The summed E-state index contributed by atoms with van der Waals surface area (Å²) in [6.07, 6.45) is 6.37. The van der Waals surface area contributed by atoms with Crippen molar-refractivity contribution in [3.05, 3.63) is 41.7 Å². The molecule has 0 atom stereocenters. The topological polar surface area (TPSA) is 74.8 Å². The van der Waals surface area contributed by atoms with Gasteiger partial charge in [-0.05, 0) is 24.5 Å². The van der Waals surface area contributed by atoms with Gasteiger partial charge in [-0.3, -0.25) is 14.9 Å². The zero-order valence-corrected chi connectivity index (χ0v) is 11.4. The Morgan fingerprint density at radius 2 is 2.35 bits per heavy atom. The van der Waals surface area contributed by atoms with Crippen molar-refractivity contribution < 1.29 is 4.79 Å². The van der Waals surface area contributed by atoms with Crippen LogP contribution in [0.25, 0.3) is 0 Å². The van der Waals surface area contributed by atoms with Gasteiger partial charge in [-0.1, -0.05) is 13.0 Å². The Balaban J connectivity index is 1.78. The molecular formula is C14H17N5O. The minimum Gasteiger partial charge on any atom is -0.328 e. The number of H-pyrrole nitrogens is 1. The number of carbonyl (C=O) groups excluding carboxylic acids is 1. The van der Waals surface area contributed by atoms with Gasteiger partial charge in [0.25, 0.3) is 5.91 Å². The second-order valence-corrected chi connectivity index (χ2v) is 4.98. The summed E-state index contributed by atoms with van der Waals surface area (Å²) in [7, 11) is 0. The van der Waals surface area contributed by atoms with Gasteiger partial charge in [-0.15, -0.1) is 5.10 Å². The predicted molar refractivity (Wildman–Crippen MR) is 72.9 cm³/mol. The molecule has 0 bridgehead atoms. The van der Waals surface area contributed by atoms with Gasteiger partial charge in [0.05, 0.1) is 0 Å². The molecule has 0 aromatic carbocycles. The molecule has 2 aromatic rings. The second-order valence-electron chi connectivity index (χ2n) is 4.98. The number of nitrogens with zero attached hydrogens (tertiary/aromatic N) is 4. The van der Waals surface area contributed by atoms with Crippen LogP contribution in [0, 0.1) is 0 Å². The number of pyridine rings is 1. The Kier molecular flexibility index (Phi) is 3.45. The highest BCUT2D eigenvalue weighted by Crippen LogP contribution is 2.29. The molecule has 6 heteroatoms. The lowest BCUT2D eigenvalue weighted by molar-refractivity contribution is 0.0717. The molecule has 1 amide bonds. The Morgan fingerprint density at radius 1 is 1.50 bits per heavy atom. The molecule has 1 aliphatic carbocycles. The third kappa shape index (κ3) is 2.68. The van der Waals surface area contributed by atoms with Crippen molar-refractivity contribution in [2.75, 3.05) is 0 Å². The van der Waals surface area contributed by atoms with Crippen LogP contribution in [0.5, 0.6) is 0 Å². The van der Waals surface area contributed by atoms with Crippen LogP contribution in [0.4, 0.5) is 0 Å². The smallest absolute Gasteiger partial charge is 0.294 e. The van der Waals surface area contributed by atoms with Gasteiger partial charge in [0.1, 0.15) is 5.82 Å². The summed E-state index contributed by atoms with van der Waals surface area (Å²) in [6.45, 7) is 2.54. The molecule has 2 aromatic heterocycles. The number of hydrogen-bond acceptors (Lipinski definition) is 4. The highest BCUT2D eigenvalue weighted by Gasteiger charge is 2.34. The third-order valence-corrected chi connectivity index (χ3v) is 3.38. The molecular weight excluding hydrogens is 254 g/mol. The number of amides is 1. The Morgan fingerprint density at radius 3 is 2.95 bits per heavy atom. The number of aromatic amines is 1. The fourth-order valence-electron chi connectivity index (χ4n) is 2.12. The van der Waals surface area contributed by atoms with Crippen LogP contribution in [0.3, 0.4) is 0 Å². The van der Waals surface area contributed by atoms with Crippen LogP contribution in [-0.2, 0) is 13.0 Å². The van der Waals surface area contributed by atoms with Gasteiger partial charge >= 0.3 is 0 Å². The van der Waals surface area contributed by atoms with Crippen LogP contribution >= 0.6 is 0 Å². The number of aromatic nitrogens is 4. The number of rotatable bonds is 5. The van der Waals surface area contributed by atoms with E-state index in [1.807, 2.05) is 24.0 Å². The lowest BCUT2D eigenvalue weighted by atomic mass is 10.2. The average molecular weight is 271 g/mol. The summed E-state index contributed by atoms with van der Waals surface area (Å²) >= 11 is 0. The van der Waals surface area contributed by atoms with Gasteiger partial charge in [-0.2, -0.15) is 0 Å². The van der Waals surface area contributed by atoms with E-state index in [2.05, 4.69) is 20.2 Å². The van der Waals surface area contributed by atoms with E-state index in [0.717, 1.165) is 30.7 Å². The zero-order chi connectivity index (χ0) is 13.9. The van der Waals surface area contributed by atoms with Crippen LogP contribution in [-0.4, -0.2) is 37.0 Å². The molecule has 3 rings (SSSR count). The van der Waals surface area contributed by atoms with E-state index >= 15 is 0 Å². The maximum Gasteiger partial charge on any atom is 0.294 e. The highest BCUT2D eigenvalue weighted by molar-refractivity contribution is 5.90. The fourth-order valence-corrected chi connectivity index (χ4v) is 2.12. The SMILES string of the molecule is CCc1nc(C(=O)N(Cc2cccnc2)C2CC2)n[nH]1. The molecule has 1 saturated carbocycles. The van der Waals surface area contributed by atoms with Crippen LogP contribution in [0.15, 0.2) is 24.5 Å². The van der Waals surface area contributed by atoms with Crippen molar-refractivity contribution in [3.8, 4) is 0 Å². The summed E-state index contributed by atoms with van der Waals surface area (Å²) in [4.78, 5) is 22.7. The summed E-state index contributed by atoms with van der Waals surface area (Å²) in [6, 6.07) is 4.17. The maximum absolute atomic E-state index is 12.5. The quantitative estimate of drug-likeness (QED) is 0.895. The van der Waals surface area contributed by atoms with E-state index in [4.69, 9.17) is 0 Å². The Bertz CT molecular complexity index is 591. The van der Waals surface area contributed by atoms with Crippen molar-refractivity contribution in [1.29, 1.82) is 0 Å². The number of hydrogen-bond donors (Lipinski definition) is 1. The van der Waals surface area contributed by atoms with Gasteiger partial charge < -0.3 is 4.90 Å². The van der Waals surface area contributed by atoms with Crippen molar-refractivity contribution in [2.45, 2.75) is 38.8 Å². The summed E-state index contributed by atoms with van der Waals surface area (Å²) in [5.74, 6) is 0.899. The number of nitrogens with one attached hydrogen (secondary N) is 1. The normalized spacial score (nSPS) is 14.2. The summed E-state index contributed by atoms with van der Waals surface area (Å²) < 4.78 is 0. The molecule has 0 spiro atoms. The van der Waals surface area contributed by atoms with Crippen molar-refractivity contribution in [1.82, 2.24) is 25.1 Å². The first-order valence-electron chi connectivity index (χ1n) is 6.89. The molecule has 104 valence electrons. The molecule has 1 aliphatic rings. The first-order valence-corrected chi connectivity index (χ1v) is 6.89. The fraction of sp³-hybridized carbons (Fsp3) is 0.429. The minimum atomic E-state index is -0.104. The first kappa shape index (κ1) is 12.8. The van der Waals surface area contributed by atoms with E-state index < -0.39 is 0 Å². The average Bonchev–Trinajstić information content (AvgIpc) is 3.21. The summed E-state index contributed by atoms with van der Waals surface area (Å²) in [5.41, 5.74) is 1.03. The van der Waals surface area contributed by atoms with E-state index in [1.54, 1.807) is 12.4 Å². The summed E-state index contributed by atoms with van der Waals surface area (Å²) in [5, 5.41) is 6.81. The third-order valence-electron chi connectivity index (χ3n) is 3.38. The van der Waals surface area contributed by atoms with Crippen LogP contribution in [0.1, 0.15) is 41.8 Å². The van der Waals surface area contributed by atoms with Crippen LogP contribution < -0.4 is 0 Å². The van der Waals surface area contributed by atoms with Crippen molar-refractivity contribution in [3.63, 3.8) is 0 Å². The monoisotopic (exact) mass is 271 g/mol. The van der Waals surface area contributed by atoms with Crippen molar-refractivity contribution >= 4 is 5.91 Å². The van der Waals surface area contributed by atoms with Gasteiger partial charge in [0, 0.05) is 31.4 Å². The van der Waals surface area contributed by atoms with E-state index in [1.165, 1.54) is 0 Å². The molecule has 0 saturated heterocycles. The number of carbonyl (C=O) groups is 1. The van der Waals surface area contributed by atoms with Gasteiger partial charge in [-0.25, -0.2) is 4.98 Å². The van der Waals surface area contributed by atoms with E-state index in [0.29, 0.717) is 12.6 Å². The molecule has 1 N–H and O–H groups in total. The Labute approximate surface area is 117 Å². The minimum absolute atomic E-state index is 0.104. The van der Waals surface area contributed by atoms with Crippen molar-refractivity contribution in [2.24, 2.45) is 0 Å². The second kappa shape index (κ2) is 5.40. The molecule has 0 radical (unpaired) electrons. The largest absolute Gasteiger partial charge is 0.328 e. The molecule has 6 nitrogen and oxygen atoms in total. The van der Waals surface area contributed by atoms with Crippen LogP contribution in [0.2, 0.25) is 0 Å². The Hall–Kier alpha value is -2.24. The first-order chi connectivity index (χ1) is 9.78. The zero-order valence-electron chi connectivity index (χ0n) is 11.4. The van der Waals surface area contributed by atoms with Gasteiger partial charge in [0.15, 0.2) is 0 Å². The molecule has 1 fully saturated rings. The standard InChI is InChI=1S/C14H17N5O/c1-2-12-16-13(18-17-12)14(20)19(11-5-6-11)9-10-4-3-7-15-8-10/h3-4,7-8,11H,2,5-6,9H2,1H3,(H,16,17,18). The highest BCUT2D eigenvalue weighted by atomic mass is 16.2. The number of aryl methyl sites for hydroxylation is 1. The lowest BCUT2D eigenvalue weighted by Crippen LogP contribution is -2.33. The molecule has 20 heavy (non-hydrogen) atoms. The van der Waals surface area contributed by atoms with E-state index in [9.17, 15) is 4.79 Å². The predicted octanol–water partition coefficient (Wildman–Crippen LogP) is 1.57. The lowest BCUT2D eigenvalue weighted by Gasteiger charge is -2.20. The molecule has 0 unspecified atom stereocenters.